The Bertz CT molecular complexity index is 571. The number of carbonyl (C=O) groups excluding carboxylic acids is 1. The lowest BCUT2D eigenvalue weighted by Gasteiger charge is -2.10. The quantitative estimate of drug-likeness (QED) is 0.753. The van der Waals surface area contributed by atoms with Gasteiger partial charge in [-0.15, -0.1) is 10.2 Å². The third kappa shape index (κ3) is 2.54. The summed E-state index contributed by atoms with van der Waals surface area (Å²) in [5.41, 5.74) is 5.44. The molecule has 1 amide bonds. The average molecular weight is 265 g/mol. The molecule has 0 aromatic carbocycles. The number of nitrogens with two attached hydrogens (primary N) is 1. The minimum atomic E-state index is -0.477. The van der Waals surface area contributed by atoms with E-state index in [4.69, 9.17) is 5.73 Å². The highest BCUT2D eigenvalue weighted by Crippen LogP contribution is 2.20. The maximum Gasteiger partial charge on any atom is 0.274 e. The van der Waals surface area contributed by atoms with E-state index in [2.05, 4.69) is 20.5 Å². The van der Waals surface area contributed by atoms with Crippen molar-refractivity contribution in [2.75, 3.05) is 5.73 Å². The fourth-order valence-electron chi connectivity index (χ4n) is 1.32. The monoisotopic (exact) mass is 265 g/mol. The number of aromatic nitrogens is 3. The van der Waals surface area contributed by atoms with E-state index in [1.54, 1.807) is 13.0 Å². The predicted molar refractivity (Wildman–Crippen MR) is 66.1 cm³/mol. The molecule has 0 spiro atoms. The Balaban J connectivity index is 2.10. The number of nitrogens with zero attached hydrogens (tertiary/aromatic N) is 3. The Morgan fingerprint density at radius 2 is 2.33 bits per heavy atom. The van der Waals surface area contributed by atoms with Gasteiger partial charge >= 0.3 is 0 Å². The van der Waals surface area contributed by atoms with Gasteiger partial charge in [0.2, 0.25) is 5.13 Å². The SMILES string of the molecule is C[C@H](NC(=O)c1ncccc1O)c1nnc(N)s1. The highest BCUT2D eigenvalue weighted by molar-refractivity contribution is 7.15. The fourth-order valence-corrected chi connectivity index (χ4v) is 1.93. The van der Waals surface area contributed by atoms with Gasteiger partial charge in [0, 0.05) is 6.20 Å². The second-order valence-electron chi connectivity index (χ2n) is 3.54. The van der Waals surface area contributed by atoms with Crippen molar-refractivity contribution in [2.45, 2.75) is 13.0 Å². The molecule has 2 aromatic rings. The first-order valence-electron chi connectivity index (χ1n) is 5.11. The number of nitrogen functional groups attached to an aromatic ring is 1. The molecular weight excluding hydrogens is 254 g/mol. The van der Waals surface area contributed by atoms with Crippen LogP contribution < -0.4 is 11.1 Å². The van der Waals surface area contributed by atoms with E-state index >= 15 is 0 Å². The van der Waals surface area contributed by atoms with Gasteiger partial charge in [0.1, 0.15) is 10.8 Å². The number of carbonyl (C=O) groups is 1. The van der Waals surface area contributed by atoms with E-state index < -0.39 is 5.91 Å². The van der Waals surface area contributed by atoms with Crippen LogP contribution in [0.5, 0.6) is 5.75 Å². The Morgan fingerprint density at radius 1 is 1.56 bits per heavy atom. The molecule has 0 saturated heterocycles. The van der Waals surface area contributed by atoms with Crippen molar-refractivity contribution in [3.8, 4) is 5.75 Å². The van der Waals surface area contributed by atoms with Crippen molar-refractivity contribution in [1.82, 2.24) is 20.5 Å². The molecular formula is C10H11N5O2S. The van der Waals surface area contributed by atoms with Crippen LogP contribution in [0.4, 0.5) is 5.13 Å². The Labute approximate surface area is 107 Å². The lowest BCUT2D eigenvalue weighted by molar-refractivity contribution is 0.0931. The molecule has 7 nitrogen and oxygen atoms in total. The summed E-state index contributed by atoms with van der Waals surface area (Å²) in [7, 11) is 0. The van der Waals surface area contributed by atoms with Crippen LogP contribution in [0, 0.1) is 0 Å². The van der Waals surface area contributed by atoms with E-state index in [-0.39, 0.29) is 17.5 Å². The van der Waals surface area contributed by atoms with Gasteiger partial charge in [-0.3, -0.25) is 4.79 Å². The molecule has 0 radical (unpaired) electrons. The summed E-state index contributed by atoms with van der Waals surface area (Å²) >= 11 is 1.20. The third-order valence-corrected chi connectivity index (χ3v) is 3.11. The van der Waals surface area contributed by atoms with Crippen LogP contribution in [-0.2, 0) is 0 Å². The molecule has 94 valence electrons. The Hall–Kier alpha value is -2.22. The standard InChI is InChI=1S/C10H11N5O2S/c1-5(9-14-15-10(11)18-9)13-8(17)7-6(16)3-2-4-12-7/h2-5,16H,1H3,(H2,11,15)(H,13,17)/t5-/m0/s1. The normalized spacial score (nSPS) is 12.1. The molecule has 2 aromatic heterocycles. The number of pyridine rings is 1. The van der Waals surface area contributed by atoms with Crippen LogP contribution in [-0.4, -0.2) is 26.2 Å². The first-order valence-corrected chi connectivity index (χ1v) is 5.93. The van der Waals surface area contributed by atoms with Crippen molar-refractivity contribution >= 4 is 22.4 Å². The maximum atomic E-state index is 11.8. The van der Waals surface area contributed by atoms with Gasteiger partial charge in [0.15, 0.2) is 5.69 Å². The van der Waals surface area contributed by atoms with E-state index in [9.17, 15) is 9.90 Å². The van der Waals surface area contributed by atoms with Crippen LogP contribution in [0.3, 0.4) is 0 Å². The van der Waals surface area contributed by atoms with Crippen molar-refractivity contribution < 1.29 is 9.90 Å². The molecule has 4 N–H and O–H groups in total. The zero-order chi connectivity index (χ0) is 13.1. The summed E-state index contributed by atoms with van der Waals surface area (Å²) in [6, 6.07) is 2.59. The van der Waals surface area contributed by atoms with E-state index in [0.29, 0.717) is 10.1 Å². The fraction of sp³-hybridized carbons (Fsp3) is 0.200. The molecule has 0 bridgehead atoms. The highest BCUT2D eigenvalue weighted by atomic mass is 32.1. The molecule has 0 aliphatic heterocycles. The van der Waals surface area contributed by atoms with E-state index in [1.807, 2.05) is 0 Å². The van der Waals surface area contributed by atoms with Crippen LogP contribution in [0.25, 0.3) is 0 Å². The smallest absolute Gasteiger partial charge is 0.274 e. The van der Waals surface area contributed by atoms with Crippen LogP contribution in [0.1, 0.15) is 28.5 Å². The Morgan fingerprint density at radius 3 is 2.94 bits per heavy atom. The molecule has 18 heavy (non-hydrogen) atoms. The number of nitrogens with one attached hydrogen (secondary N) is 1. The minimum absolute atomic E-state index is 0.0261. The molecule has 0 unspecified atom stereocenters. The van der Waals surface area contributed by atoms with Gasteiger partial charge < -0.3 is 16.2 Å². The average Bonchev–Trinajstić information content (AvgIpc) is 2.76. The van der Waals surface area contributed by atoms with Crippen LogP contribution >= 0.6 is 11.3 Å². The number of hydrogen-bond donors (Lipinski definition) is 3. The number of rotatable bonds is 3. The van der Waals surface area contributed by atoms with E-state index in [1.165, 1.54) is 23.6 Å². The second kappa shape index (κ2) is 4.96. The van der Waals surface area contributed by atoms with Gasteiger partial charge in [-0.05, 0) is 19.1 Å². The first kappa shape index (κ1) is 12.2. The zero-order valence-electron chi connectivity index (χ0n) is 9.49. The maximum absolute atomic E-state index is 11.8. The molecule has 0 saturated carbocycles. The van der Waals surface area contributed by atoms with Crippen molar-refractivity contribution in [3.63, 3.8) is 0 Å². The summed E-state index contributed by atoms with van der Waals surface area (Å²) in [6.45, 7) is 1.75. The number of anilines is 1. The highest BCUT2D eigenvalue weighted by Gasteiger charge is 2.18. The van der Waals surface area contributed by atoms with Gasteiger partial charge in [-0.25, -0.2) is 4.98 Å². The van der Waals surface area contributed by atoms with Crippen LogP contribution in [0.15, 0.2) is 18.3 Å². The van der Waals surface area contributed by atoms with Gasteiger partial charge in [0.25, 0.3) is 5.91 Å². The number of aromatic hydroxyl groups is 1. The molecule has 2 rings (SSSR count). The third-order valence-electron chi connectivity index (χ3n) is 2.18. The molecule has 0 aliphatic carbocycles. The second-order valence-corrected chi connectivity index (χ2v) is 4.59. The Kier molecular flexibility index (Phi) is 3.38. The van der Waals surface area contributed by atoms with Crippen molar-refractivity contribution in [2.24, 2.45) is 0 Å². The minimum Gasteiger partial charge on any atom is -0.505 e. The summed E-state index contributed by atoms with van der Waals surface area (Å²) in [5.74, 6) is -0.645. The number of amides is 1. The van der Waals surface area contributed by atoms with Gasteiger partial charge in [-0.2, -0.15) is 0 Å². The lowest BCUT2D eigenvalue weighted by atomic mass is 10.3. The van der Waals surface area contributed by atoms with Crippen LogP contribution in [0.2, 0.25) is 0 Å². The molecule has 8 heteroatoms. The van der Waals surface area contributed by atoms with Crippen molar-refractivity contribution in [3.05, 3.63) is 29.0 Å². The largest absolute Gasteiger partial charge is 0.505 e. The zero-order valence-corrected chi connectivity index (χ0v) is 10.3. The summed E-state index contributed by atoms with van der Waals surface area (Å²) in [5, 5.41) is 20.6. The predicted octanol–water partition coefficient (Wildman–Crippen LogP) is 0.712. The number of hydrogen-bond acceptors (Lipinski definition) is 7. The summed E-state index contributed by atoms with van der Waals surface area (Å²) in [6.07, 6.45) is 1.43. The lowest BCUT2D eigenvalue weighted by Crippen LogP contribution is -2.27. The summed E-state index contributed by atoms with van der Waals surface area (Å²) < 4.78 is 0. The molecule has 0 fully saturated rings. The summed E-state index contributed by atoms with van der Waals surface area (Å²) in [4.78, 5) is 15.7. The van der Waals surface area contributed by atoms with Gasteiger partial charge in [0.05, 0.1) is 6.04 Å². The van der Waals surface area contributed by atoms with Gasteiger partial charge in [-0.1, -0.05) is 11.3 Å². The molecule has 0 aliphatic rings. The van der Waals surface area contributed by atoms with Crippen molar-refractivity contribution in [1.29, 1.82) is 0 Å². The van der Waals surface area contributed by atoms with E-state index in [0.717, 1.165) is 0 Å². The first-order chi connectivity index (χ1) is 8.58. The topological polar surface area (TPSA) is 114 Å². The molecule has 1 atom stereocenters. The molecule has 2 heterocycles.